The Morgan fingerprint density at radius 3 is 2.50 bits per heavy atom. The number of halogens is 3. The van der Waals surface area contributed by atoms with Crippen LogP contribution in [0.1, 0.15) is 24.4 Å². The second kappa shape index (κ2) is 5.77. The van der Waals surface area contributed by atoms with Gasteiger partial charge in [0.05, 0.1) is 6.61 Å². The first-order chi connectivity index (χ1) is 8.63. The van der Waals surface area contributed by atoms with Gasteiger partial charge in [0.2, 0.25) is 0 Å². The Balaban J connectivity index is 2.41. The van der Waals surface area contributed by atoms with Gasteiger partial charge in [0.15, 0.2) is 0 Å². The Hall–Kier alpha value is -0.980. The molecule has 0 fully saturated rings. The zero-order chi connectivity index (χ0) is 13.1. The fourth-order valence-corrected chi connectivity index (χ4v) is 2.32. The lowest BCUT2D eigenvalue weighted by molar-refractivity contribution is 0.166. The summed E-state index contributed by atoms with van der Waals surface area (Å²) in [5.74, 6) is 4.52. The molecular formula is C12H13BrF2N2O. The summed E-state index contributed by atoms with van der Waals surface area (Å²) in [5, 5.41) is 0. The minimum absolute atomic E-state index is 0.131. The molecule has 0 radical (unpaired) electrons. The van der Waals surface area contributed by atoms with Gasteiger partial charge in [-0.15, -0.1) is 0 Å². The number of hydrogen-bond acceptors (Lipinski definition) is 3. The van der Waals surface area contributed by atoms with Crippen molar-refractivity contribution in [2.24, 2.45) is 5.84 Å². The monoisotopic (exact) mass is 318 g/mol. The Kier molecular flexibility index (Phi) is 4.31. The van der Waals surface area contributed by atoms with E-state index < -0.39 is 17.7 Å². The van der Waals surface area contributed by atoms with Crippen molar-refractivity contribution in [3.8, 4) is 0 Å². The van der Waals surface area contributed by atoms with Gasteiger partial charge in [-0.05, 0) is 31.1 Å². The van der Waals surface area contributed by atoms with Crippen molar-refractivity contribution in [2.75, 3.05) is 6.61 Å². The van der Waals surface area contributed by atoms with Crippen molar-refractivity contribution in [3.05, 3.63) is 45.6 Å². The van der Waals surface area contributed by atoms with E-state index >= 15 is 0 Å². The van der Waals surface area contributed by atoms with E-state index in [4.69, 9.17) is 10.6 Å². The third-order valence-electron chi connectivity index (χ3n) is 2.75. The molecule has 1 aliphatic heterocycles. The summed E-state index contributed by atoms with van der Waals surface area (Å²) in [5.41, 5.74) is 2.27. The smallest absolute Gasteiger partial charge is 0.132 e. The first-order valence-corrected chi connectivity index (χ1v) is 6.36. The molecule has 1 unspecified atom stereocenters. The maximum Gasteiger partial charge on any atom is 0.132 e. The highest BCUT2D eigenvalue weighted by atomic mass is 79.9. The summed E-state index contributed by atoms with van der Waals surface area (Å²) in [6, 6.07) is 1.59. The quantitative estimate of drug-likeness (QED) is 0.665. The molecule has 1 heterocycles. The molecular weight excluding hydrogens is 306 g/mol. The minimum Gasteiger partial charge on any atom is -0.496 e. The van der Waals surface area contributed by atoms with Gasteiger partial charge in [-0.25, -0.2) is 14.2 Å². The summed E-state index contributed by atoms with van der Waals surface area (Å²) in [7, 11) is 0. The highest BCUT2D eigenvalue weighted by Crippen LogP contribution is 2.31. The zero-order valence-corrected chi connectivity index (χ0v) is 11.1. The molecule has 0 spiro atoms. The van der Waals surface area contributed by atoms with Gasteiger partial charge in [-0.1, -0.05) is 15.9 Å². The summed E-state index contributed by atoms with van der Waals surface area (Å²) < 4.78 is 33.5. The molecule has 0 aliphatic carbocycles. The van der Waals surface area contributed by atoms with Crippen LogP contribution in [0, 0.1) is 11.6 Å². The van der Waals surface area contributed by atoms with E-state index in [1.165, 1.54) is 12.1 Å². The fraction of sp³-hybridized carbons (Fsp3) is 0.333. The summed E-state index contributed by atoms with van der Waals surface area (Å²) in [6.07, 6.45) is 3.51. The predicted molar refractivity (Wildman–Crippen MR) is 67.4 cm³/mol. The lowest BCUT2D eigenvalue weighted by Gasteiger charge is -2.24. The third-order valence-corrected chi connectivity index (χ3v) is 3.20. The topological polar surface area (TPSA) is 47.3 Å². The average molecular weight is 319 g/mol. The number of nitrogens with one attached hydrogen (secondary N) is 1. The van der Waals surface area contributed by atoms with Crippen LogP contribution in [-0.2, 0) is 4.74 Å². The molecule has 3 nitrogen and oxygen atoms in total. The van der Waals surface area contributed by atoms with Crippen LogP contribution in [0.3, 0.4) is 0 Å². The molecule has 2 rings (SSSR count). The molecule has 98 valence electrons. The largest absolute Gasteiger partial charge is 0.496 e. The van der Waals surface area contributed by atoms with Crippen molar-refractivity contribution in [1.29, 1.82) is 0 Å². The summed E-state index contributed by atoms with van der Waals surface area (Å²) >= 11 is 3.04. The fourth-order valence-electron chi connectivity index (χ4n) is 1.91. The molecule has 3 N–H and O–H groups in total. The first kappa shape index (κ1) is 13.5. The van der Waals surface area contributed by atoms with Crippen molar-refractivity contribution in [1.82, 2.24) is 5.43 Å². The Labute approximate surface area is 112 Å². The van der Waals surface area contributed by atoms with Crippen molar-refractivity contribution < 1.29 is 13.5 Å². The molecule has 0 saturated heterocycles. The first-order valence-electron chi connectivity index (χ1n) is 5.57. The van der Waals surface area contributed by atoms with Gasteiger partial charge >= 0.3 is 0 Å². The molecule has 1 aromatic carbocycles. The van der Waals surface area contributed by atoms with Crippen LogP contribution in [-0.4, -0.2) is 6.61 Å². The van der Waals surface area contributed by atoms with Gasteiger partial charge < -0.3 is 4.74 Å². The normalized spacial score (nSPS) is 17.0. The second-order valence-electron chi connectivity index (χ2n) is 3.98. The van der Waals surface area contributed by atoms with Gasteiger partial charge in [0.1, 0.15) is 23.4 Å². The average Bonchev–Trinajstić information content (AvgIpc) is 2.34. The number of nitrogens with two attached hydrogens (primary N) is 1. The van der Waals surface area contributed by atoms with E-state index in [9.17, 15) is 8.78 Å². The molecule has 0 amide bonds. The number of rotatable bonds is 3. The van der Waals surface area contributed by atoms with Crippen LogP contribution in [0.5, 0.6) is 0 Å². The van der Waals surface area contributed by atoms with Crippen LogP contribution in [0.4, 0.5) is 8.78 Å². The summed E-state index contributed by atoms with van der Waals surface area (Å²) in [6.45, 7) is 0.532. The van der Waals surface area contributed by atoms with Crippen molar-refractivity contribution in [3.63, 3.8) is 0 Å². The molecule has 6 heteroatoms. The highest BCUT2D eigenvalue weighted by Gasteiger charge is 2.25. The van der Waals surface area contributed by atoms with Crippen molar-refractivity contribution >= 4 is 15.9 Å². The Morgan fingerprint density at radius 2 is 2.00 bits per heavy atom. The maximum atomic E-state index is 13.9. The number of benzene rings is 1. The van der Waals surface area contributed by atoms with Crippen molar-refractivity contribution in [2.45, 2.75) is 18.9 Å². The van der Waals surface area contributed by atoms with Crippen LogP contribution >= 0.6 is 15.9 Å². The molecule has 1 atom stereocenters. The van der Waals surface area contributed by atoms with Gasteiger partial charge in [0.25, 0.3) is 0 Å². The summed E-state index contributed by atoms with van der Waals surface area (Å²) in [4.78, 5) is 0. The molecule has 1 aromatic rings. The van der Waals surface area contributed by atoms with Crippen LogP contribution in [0.2, 0.25) is 0 Å². The van der Waals surface area contributed by atoms with E-state index in [-0.39, 0.29) is 5.56 Å². The number of allylic oxidation sites excluding steroid dienone is 1. The Bertz CT molecular complexity index is 456. The highest BCUT2D eigenvalue weighted by molar-refractivity contribution is 9.10. The van der Waals surface area contributed by atoms with Crippen LogP contribution in [0.15, 0.2) is 28.4 Å². The lowest BCUT2D eigenvalue weighted by atomic mass is 10.0. The minimum atomic E-state index is -0.807. The molecule has 0 aromatic heterocycles. The van der Waals surface area contributed by atoms with E-state index in [0.717, 1.165) is 12.8 Å². The molecule has 1 aliphatic rings. The second-order valence-corrected chi connectivity index (χ2v) is 4.90. The molecule has 0 saturated carbocycles. The zero-order valence-electron chi connectivity index (χ0n) is 9.55. The van der Waals surface area contributed by atoms with Crippen LogP contribution < -0.4 is 11.3 Å². The van der Waals surface area contributed by atoms with Gasteiger partial charge in [-0.3, -0.25) is 5.84 Å². The van der Waals surface area contributed by atoms with E-state index in [2.05, 4.69) is 21.4 Å². The van der Waals surface area contributed by atoms with E-state index in [0.29, 0.717) is 16.8 Å². The maximum absolute atomic E-state index is 13.9. The van der Waals surface area contributed by atoms with Gasteiger partial charge in [0, 0.05) is 10.0 Å². The number of hydrazine groups is 1. The third kappa shape index (κ3) is 2.71. The lowest BCUT2D eigenvalue weighted by Crippen LogP contribution is -2.32. The SMILES string of the molecule is NNC(C1=CCCCO1)c1c(F)cc(Br)cc1F. The van der Waals surface area contributed by atoms with E-state index in [1.54, 1.807) is 6.08 Å². The Morgan fingerprint density at radius 1 is 1.33 bits per heavy atom. The van der Waals surface area contributed by atoms with Crippen LogP contribution in [0.25, 0.3) is 0 Å². The molecule has 0 bridgehead atoms. The molecule has 18 heavy (non-hydrogen) atoms. The van der Waals surface area contributed by atoms with Gasteiger partial charge in [-0.2, -0.15) is 0 Å². The van der Waals surface area contributed by atoms with E-state index in [1.807, 2.05) is 0 Å². The predicted octanol–water partition coefficient (Wildman–Crippen LogP) is 2.93. The number of hydrogen-bond donors (Lipinski definition) is 2. The standard InChI is InChI=1S/C12H13BrF2N2O/c13-7-5-8(14)11(9(15)6-7)12(17-16)10-3-1-2-4-18-10/h3,5-6,12,17H,1-2,4,16H2. The number of ether oxygens (including phenoxy) is 1.